The van der Waals surface area contributed by atoms with E-state index in [1.807, 2.05) is 0 Å². The molecule has 0 spiro atoms. The molecule has 0 fully saturated rings. The summed E-state index contributed by atoms with van der Waals surface area (Å²) in [5.41, 5.74) is 0.170. The van der Waals surface area contributed by atoms with Crippen LogP contribution in [0.5, 0.6) is 5.75 Å². The van der Waals surface area contributed by atoms with Crippen LogP contribution in [0, 0.1) is 0 Å². The van der Waals surface area contributed by atoms with Crippen molar-refractivity contribution >= 4 is 11.9 Å². The average molecular weight is 196 g/mol. The molecule has 0 aliphatic carbocycles. The zero-order chi connectivity index (χ0) is 10.6. The number of hydrogen-bond acceptors (Lipinski definition) is 5. The van der Waals surface area contributed by atoms with Crippen LogP contribution in [0.1, 0.15) is 17.3 Å². The van der Waals surface area contributed by atoms with E-state index in [4.69, 9.17) is 9.99 Å². The van der Waals surface area contributed by atoms with Gasteiger partial charge in [0.2, 0.25) is 0 Å². The third-order valence-corrected chi connectivity index (χ3v) is 1.43. The van der Waals surface area contributed by atoms with Crippen molar-refractivity contribution in [3.63, 3.8) is 0 Å². The summed E-state index contributed by atoms with van der Waals surface area (Å²) in [7, 11) is 0. The highest BCUT2D eigenvalue weighted by Gasteiger charge is 2.06. The normalized spacial score (nSPS) is 9.29. The molecule has 74 valence electrons. The molecule has 14 heavy (non-hydrogen) atoms. The van der Waals surface area contributed by atoms with Crippen LogP contribution in [0.15, 0.2) is 24.3 Å². The highest BCUT2D eigenvalue weighted by Crippen LogP contribution is 2.12. The number of rotatable bonds is 2. The predicted octanol–water partition coefficient (Wildman–Crippen LogP) is 1.24. The largest absolute Gasteiger partial charge is 0.427 e. The van der Waals surface area contributed by atoms with E-state index >= 15 is 0 Å². The molecule has 0 aliphatic heterocycles. The summed E-state index contributed by atoms with van der Waals surface area (Å²) in [4.78, 5) is 24.8. The highest BCUT2D eigenvalue weighted by atomic mass is 17.1. The van der Waals surface area contributed by atoms with Crippen molar-refractivity contribution in [1.82, 2.24) is 0 Å². The maximum atomic E-state index is 10.8. The second kappa shape index (κ2) is 4.38. The highest BCUT2D eigenvalue weighted by molar-refractivity contribution is 5.89. The molecule has 0 aliphatic rings. The fourth-order valence-electron chi connectivity index (χ4n) is 0.878. The van der Waals surface area contributed by atoms with Gasteiger partial charge in [0.15, 0.2) is 0 Å². The molecule has 5 nitrogen and oxygen atoms in total. The summed E-state index contributed by atoms with van der Waals surface area (Å²) in [5, 5.41) is 8.07. The Morgan fingerprint density at radius 3 is 2.21 bits per heavy atom. The quantitative estimate of drug-likeness (QED) is 0.333. The first kappa shape index (κ1) is 10.2. The number of ether oxygens (including phenoxy) is 1. The number of hydrogen-bond donors (Lipinski definition) is 1. The molecule has 0 amide bonds. The van der Waals surface area contributed by atoms with Crippen molar-refractivity contribution < 1.29 is 24.5 Å². The van der Waals surface area contributed by atoms with Crippen LogP contribution in [-0.2, 0) is 9.68 Å². The zero-order valence-electron chi connectivity index (χ0n) is 7.39. The first-order chi connectivity index (χ1) is 6.63. The second-order valence-corrected chi connectivity index (χ2v) is 2.50. The Labute approximate surface area is 79.8 Å². The fourth-order valence-corrected chi connectivity index (χ4v) is 0.878. The summed E-state index contributed by atoms with van der Waals surface area (Å²) >= 11 is 0. The molecule has 0 atom stereocenters. The number of esters is 1. The molecule has 0 heterocycles. The van der Waals surface area contributed by atoms with Crippen molar-refractivity contribution in [3.8, 4) is 5.75 Å². The first-order valence-electron chi connectivity index (χ1n) is 3.77. The van der Waals surface area contributed by atoms with Crippen LogP contribution < -0.4 is 4.74 Å². The van der Waals surface area contributed by atoms with E-state index in [1.165, 1.54) is 31.2 Å². The minimum absolute atomic E-state index is 0.170. The summed E-state index contributed by atoms with van der Waals surface area (Å²) in [6.45, 7) is 1.27. The van der Waals surface area contributed by atoms with Gasteiger partial charge in [-0.05, 0) is 24.3 Å². The van der Waals surface area contributed by atoms with Crippen LogP contribution in [0.3, 0.4) is 0 Å². The van der Waals surface area contributed by atoms with Crippen LogP contribution in [0.25, 0.3) is 0 Å². The van der Waals surface area contributed by atoms with Crippen molar-refractivity contribution in [1.29, 1.82) is 0 Å². The molecular weight excluding hydrogens is 188 g/mol. The van der Waals surface area contributed by atoms with Gasteiger partial charge in [-0.25, -0.2) is 4.79 Å². The molecule has 1 aromatic rings. The van der Waals surface area contributed by atoms with Crippen molar-refractivity contribution in [2.45, 2.75) is 6.92 Å². The van der Waals surface area contributed by atoms with Gasteiger partial charge < -0.3 is 4.74 Å². The summed E-state index contributed by atoms with van der Waals surface area (Å²) in [6, 6.07) is 5.59. The molecule has 0 bridgehead atoms. The predicted molar refractivity (Wildman–Crippen MR) is 45.8 cm³/mol. The third kappa shape index (κ3) is 2.56. The standard InChI is InChI=1S/C9H8O5/c1-6(10)13-8-4-2-7(3-5-8)9(11)14-12/h2-5,12H,1H3. The van der Waals surface area contributed by atoms with Crippen LogP contribution in [0.4, 0.5) is 0 Å². The third-order valence-electron chi connectivity index (χ3n) is 1.43. The number of carbonyl (C=O) groups is 2. The molecule has 0 saturated heterocycles. The molecule has 0 aromatic heterocycles. The van der Waals surface area contributed by atoms with Gasteiger partial charge in [-0.1, -0.05) is 0 Å². The molecule has 1 aromatic carbocycles. The molecular formula is C9H8O5. The Bertz CT molecular complexity index is 341. The molecule has 0 saturated carbocycles. The lowest BCUT2D eigenvalue weighted by Crippen LogP contribution is -2.03. The zero-order valence-corrected chi connectivity index (χ0v) is 7.39. The minimum atomic E-state index is -0.862. The fraction of sp³-hybridized carbons (Fsp3) is 0.111. The second-order valence-electron chi connectivity index (χ2n) is 2.50. The smallest absolute Gasteiger partial charge is 0.372 e. The lowest BCUT2D eigenvalue weighted by atomic mass is 10.2. The van der Waals surface area contributed by atoms with Gasteiger partial charge in [-0.3, -0.25) is 9.68 Å². The van der Waals surface area contributed by atoms with Crippen molar-refractivity contribution in [2.75, 3.05) is 0 Å². The average Bonchev–Trinajstić information content (AvgIpc) is 2.17. The topological polar surface area (TPSA) is 72.8 Å². The first-order valence-corrected chi connectivity index (χ1v) is 3.77. The van der Waals surface area contributed by atoms with Gasteiger partial charge in [-0.2, -0.15) is 5.26 Å². The van der Waals surface area contributed by atoms with E-state index in [-0.39, 0.29) is 5.56 Å². The van der Waals surface area contributed by atoms with Crippen LogP contribution in [-0.4, -0.2) is 17.2 Å². The molecule has 0 radical (unpaired) electrons. The van der Waals surface area contributed by atoms with Crippen molar-refractivity contribution in [3.05, 3.63) is 29.8 Å². The van der Waals surface area contributed by atoms with E-state index < -0.39 is 11.9 Å². The van der Waals surface area contributed by atoms with Gasteiger partial charge in [-0.15, -0.1) is 0 Å². The maximum Gasteiger partial charge on any atom is 0.372 e. The van der Waals surface area contributed by atoms with Crippen molar-refractivity contribution in [2.24, 2.45) is 0 Å². The van der Waals surface area contributed by atoms with E-state index in [2.05, 4.69) is 4.89 Å². The van der Waals surface area contributed by atoms with E-state index in [1.54, 1.807) is 0 Å². The van der Waals surface area contributed by atoms with Gasteiger partial charge in [0.25, 0.3) is 0 Å². The lowest BCUT2D eigenvalue weighted by molar-refractivity contribution is -0.182. The maximum absolute atomic E-state index is 10.8. The Morgan fingerprint density at radius 1 is 1.21 bits per heavy atom. The van der Waals surface area contributed by atoms with E-state index in [0.717, 1.165) is 0 Å². The monoisotopic (exact) mass is 196 g/mol. The Kier molecular flexibility index (Phi) is 3.19. The number of benzene rings is 1. The van der Waals surface area contributed by atoms with Gasteiger partial charge in [0.05, 0.1) is 5.56 Å². The molecule has 0 unspecified atom stereocenters. The van der Waals surface area contributed by atoms with Crippen LogP contribution in [0.2, 0.25) is 0 Å². The Balaban J connectivity index is 2.78. The summed E-state index contributed by atoms with van der Waals surface area (Å²) < 4.78 is 4.73. The lowest BCUT2D eigenvalue weighted by Gasteiger charge is -2.01. The van der Waals surface area contributed by atoms with Gasteiger partial charge >= 0.3 is 11.9 Å². The molecule has 5 heteroatoms. The minimum Gasteiger partial charge on any atom is -0.427 e. The Hall–Kier alpha value is -1.88. The van der Waals surface area contributed by atoms with Crippen LogP contribution >= 0.6 is 0 Å². The number of carbonyl (C=O) groups excluding carboxylic acids is 2. The van der Waals surface area contributed by atoms with Gasteiger partial charge in [0, 0.05) is 6.92 Å². The van der Waals surface area contributed by atoms with Gasteiger partial charge in [0.1, 0.15) is 5.75 Å². The van der Waals surface area contributed by atoms with E-state index in [0.29, 0.717) is 5.75 Å². The summed E-state index contributed by atoms with van der Waals surface area (Å²) in [6.07, 6.45) is 0. The SMILES string of the molecule is CC(=O)Oc1ccc(C(=O)OO)cc1. The molecule has 1 rings (SSSR count). The summed E-state index contributed by atoms with van der Waals surface area (Å²) in [5.74, 6) is -0.978. The molecule has 1 N–H and O–H groups in total. The Morgan fingerprint density at radius 2 is 1.79 bits per heavy atom. The van der Waals surface area contributed by atoms with E-state index in [9.17, 15) is 9.59 Å².